The highest BCUT2D eigenvalue weighted by Gasteiger charge is 2.68. The van der Waals surface area contributed by atoms with Crippen molar-refractivity contribution in [1.29, 1.82) is 0 Å². The van der Waals surface area contributed by atoms with Crippen LogP contribution in [0.1, 0.15) is 13.3 Å². The number of amides is 2. The average molecular weight is 286 g/mol. The van der Waals surface area contributed by atoms with Crippen molar-refractivity contribution in [3.8, 4) is 0 Å². The first-order valence-electron chi connectivity index (χ1n) is 5.48. The highest BCUT2D eigenvalue weighted by molar-refractivity contribution is 6.35. The Labute approximate surface area is 113 Å². The first-order chi connectivity index (χ1) is 8.44. The summed E-state index contributed by atoms with van der Waals surface area (Å²) in [4.78, 5) is 25.0. The maximum atomic E-state index is 12.2. The van der Waals surface area contributed by atoms with E-state index in [4.69, 9.17) is 27.9 Å². The third-order valence-corrected chi connectivity index (χ3v) is 3.80. The first-order valence-corrected chi connectivity index (χ1v) is 6.23. The second kappa shape index (κ2) is 3.62. The lowest BCUT2D eigenvalue weighted by Gasteiger charge is -2.11. The van der Waals surface area contributed by atoms with Gasteiger partial charge in [0.15, 0.2) is 5.60 Å². The van der Waals surface area contributed by atoms with Crippen molar-refractivity contribution < 1.29 is 14.3 Å². The summed E-state index contributed by atoms with van der Waals surface area (Å²) >= 11 is 11.7. The molecule has 94 valence electrons. The molecule has 0 N–H and O–H groups in total. The number of hydrogen-bond acceptors (Lipinski definition) is 3. The zero-order chi connectivity index (χ0) is 13.1. The molecule has 0 unspecified atom stereocenters. The molecule has 2 fully saturated rings. The topological polar surface area (TPSA) is 46.6 Å². The maximum Gasteiger partial charge on any atom is 0.422 e. The van der Waals surface area contributed by atoms with Crippen molar-refractivity contribution in [3.63, 3.8) is 0 Å². The maximum absolute atomic E-state index is 12.2. The summed E-state index contributed by atoms with van der Waals surface area (Å²) in [5.41, 5.74) is -0.607. The van der Waals surface area contributed by atoms with Crippen LogP contribution in [0, 0.1) is 5.92 Å². The number of nitrogens with zero attached hydrogens (tertiary/aromatic N) is 1. The van der Waals surface area contributed by atoms with E-state index in [2.05, 4.69) is 0 Å². The Morgan fingerprint density at radius 1 is 1.28 bits per heavy atom. The van der Waals surface area contributed by atoms with Crippen LogP contribution in [0.3, 0.4) is 0 Å². The van der Waals surface area contributed by atoms with Crippen LogP contribution in [0.15, 0.2) is 18.2 Å². The van der Waals surface area contributed by atoms with E-state index in [-0.39, 0.29) is 11.8 Å². The van der Waals surface area contributed by atoms with E-state index in [1.54, 1.807) is 0 Å². The number of hydrogen-bond donors (Lipinski definition) is 0. The Morgan fingerprint density at radius 2 is 1.83 bits per heavy atom. The molecule has 1 saturated heterocycles. The van der Waals surface area contributed by atoms with Gasteiger partial charge in [0.2, 0.25) is 0 Å². The molecular formula is C12H9Cl2NO3. The molecule has 4 nitrogen and oxygen atoms in total. The quantitative estimate of drug-likeness (QED) is 0.796. The molecule has 2 atom stereocenters. The van der Waals surface area contributed by atoms with E-state index < -0.39 is 11.7 Å². The van der Waals surface area contributed by atoms with Crippen LogP contribution in [0.2, 0.25) is 10.0 Å². The number of carbonyl (C=O) groups is 2. The molecular weight excluding hydrogens is 277 g/mol. The Balaban J connectivity index is 2.02. The monoisotopic (exact) mass is 285 g/mol. The summed E-state index contributed by atoms with van der Waals surface area (Å²) in [6.07, 6.45) is -0.0924. The van der Waals surface area contributed by atoms with Crippen LogP contribution in [-0.2, 0) is 9.53 Å². The normalized spacial score (nSPS) is 29.9. The van der Waals surface area contributed by atoms with Gasteiger partial charge in [-0.15, -0.1) is 0 Å². The summed E-state index contributed by atoms with van der Waals surface area (Å²) in [5, 5.41) is 0.728. The van der Waals surface area contributed by atoms with Gasteiger partial charge in [0.05, 0.1) is 5.69 Å². The van der Waals surface area contributed by atoms with Crippen LogP contribution >= 0.6 is 23.2 Å². The lowest BCUT2D eigenvalue weighted by molar-refractivity contribution is -0.124. The van der Waals surface area contributed by atoms with Crippen LogP contribution in [-0.4, -0.2) is 17.6 Å². The SMILES string of the molecule is C[C@H]1C[C@]12OC(=O)N(c1cc(Cl)cc(Cl)c1)C2=O. The van der Waals surface area contributed by atoms with Gasteiger partial charge in [0, 0.05) is 22.4 Å². The molecule has 1 heterocycles. The van der Waals surface area contributed by atoms with Crippen LogP contribution in [0.5, 0.6) is 0 Å². The summed E-state index contributed by atoms with van der Waals surface area (Å²) < 4.78 is 5.18. The predicted molar refractivity (Wildman–Crippen MR) is 66.9 cm³/mol. The standard InChI is InChI=1S/C12H9Cl2NO3/c1-6-5-12(6)10(16)15(11(17)18-12)9-3-7(13)2-8(14)4-9/h2-4,6H,5H2,1H3/t6-,12-/m0/s1. The molecule has 18 heavy (non-hydrogen) atoms. The molecule has 2 aliphatic rings. The highest BCUT2D eigenvalue weighted by Crippen LogP contribution is 2.52. The molecule has 2 amide bonds. The molecule has 1 aliphatic carbocycles. The smallest absolute Gasteiger partial charge is 0.422 e. The molecule has 0 aromatic heterocycles. The van der Waals surface area contributed by atoms with Gasteiger partial charge in [-0.25, -0.2) is 9.69 Å². The molecule has 1 aromatic carbocycles. The Hall–Kier alpha value is -1.26. The minimum absolute atomic E-state index is 0.0635. The number of ether oxygens (including phenoxy) is 1. The largest absolute Gasteiger partial charge is 0.432 e. The third kappa shape index (κ3) is 1.52. The fourth-order valence-electron chi connectivity index (χ4n) is 2.24. The van der Waals surface area contributed by atoms with Gasteiger partial charge in [0.25, 0.3) is 5.91 Å². The molecule has 1 aromatic rings. The van der Waals surface area contributed by atoms with E-state index in [0.29, 0.717) is 22.2 Å². The van der Waals surface area contributed by atoms with E-state index in [1.165, 1.54) is 18.2 Å². The Bertz CT molecular complexity index is 554. The minimum atomic E-state index is -0.953. The van der Waals surface area contributed by atoms with Crippen molar-refractivity contribution in [1.82, 2.24) is 0 Å². The predicted octanol–water partition coefficient (Wildman–Crippen LogP) is 3.26. The van der Waals surface area contributed by atoms with E-state index in [1.807, 2.05) is 6.92 Å². The molecule has 6 heteroatoms. The van der Waals surface area contributed by atoms with E-state index in [0.717, 1.165) is 4.90 Å². The number of anilines is 1. The molecule has 3 rings (SSSR count). The molecule has 1 spiro atoms. The zero-order valence-corrected chi connectivity index (χ0v) is 11.0. The molecule has 0 radical (unpaired) electrons. The van der Waals surface area contributed by atoms with E-state index >= 15 is 0 Å². The Kier molecular flexibility index (Phi) is 2.37. The van der Waals surface area contributed by atoms with Gasteiger partial charge < -0.3 is 4.74 Å². The second-order valence-corrected chi connectivity index (χ2v) is 5.50. The summed E-state index contributed by atoms with van der Waals surface area (Å²) in [6, 6.07) is 4.56. The fraction of sp³-hybridized carbons (Fsp3) is 0.333. The average Bonchev–Trinajstić information content (AvgIpc) is 2.80. The zero-order valence-electron chi connectivity index (χ0n) is 9.44. The number of benzene rings is 1. The van der Waals surface area contributed by atoms with Gasteiger partial charge in [-0.05, 0) is 18.2 Å². The number of rotatable bonds is 1. The van der Waals surface area contributed by atoms with Crippen LogP contribution in [0.25, 0.3) is 0 Å². The third-order valence-electron chi connectivity index (χ3n) is 3.37. The first kappa shape index (κ1) is 11.8. The molecule has 0 bridgehead atoms. The van der Waals surface area contributed by atoms with Crippen LogP contribution < -0.4 is 4.90 Å². The van der Waals surface area contributed by atoms with Gasteiger partial charge in [0.1, 0.15) is 0 Å². The van der Waals surface area contributed by atoms with Gasteiger partial charge in [-0.1, -0.05) is 30.1 Å². The number of carbonyl (C=O) groups excluding carboxylic acids is 2. The van der Waals surface area contributed by atoms with Crippen LogP contribution in [0.4, 0.5) is 10.5 Å². The lowest BCUT2D eigenvalue weighted by Crippen LogP contribution is -2.32. The van der Waals surface area contributed by atoms with E-state index in [9.17, 15) is 9.59 Å². The fourth-order valence-corrected chi connectivity index (χ4v) is 2.76. The molecule has 1 saturated carbocycles. The number of imide groups is 1. The minimum Gasteiger partial charge on any atom is -0.432 e. The molecule has 1 aliphatic heterocycles. The summed E-state index contributed by atoms with van der Waals surface area (Å²) in [5.74, 6) is -0.271. The highest BCUT2D eigenvalue weighted by atomic mass is 35.5. The van der Waals surface area contributed by atoms with Gasteiger partial charge >= 0.3 is 6.09 Å². The van der Waals surface area contributed by atoms with Crippen molar-refractivity contribution in [2.75, 3.05) is 4.90 Å². The lowest BCUT2D eigenvalue weighted by atomic mass is 10.2. The second-order valence-electron chi connectivity index (χ2n) is 4.63. The van der Waals surface area contributed by atoms with Gasteiger partial charge in [-0.2, -0.15) is 0 Å². The van der Waals surface area contributed by atoms with Crippen molar-refractivity contribution in [2.24, 2.45) is 5.92 Å². The van der Waals surface area contributed by atoms with Gasteiger partial charge in [-0.3, -0.25) is 4.79 Å². The van der Waals surface area contributed by atoms with Crippen molar-refractivity contribution in [3.05, 3.63) is 28.2 Å². The summed E-state index contributed by atoms with van der Waals surface area (Å²) in [7, 11) is 0. The van der Waals surface area contributed by atoms with Crippen molar-refractivity contribution >= 4 is 40.9 Å². The van der Waals surface area contributed by atoms with Crippen molar-refractivity contribution in [2.45, 2.75) is 18.9 Å². The number of halogens is 2. The Morgan fingerprint density at radius 3 is 2.28 bits per heavy atom. The summed E-state index contributed by atoms with van der Waals surface area (Å²) in [6.45, 7) is 1.87.